The Morgan fingerprint density at radius 3 is 2.83 bits per heavy atom. The van der Waals surface area contributed by atoms with E-state index in [1.54, 1.807) is 12.1 Å². The van der Waals surface area contributed by atoms with Gasteiger partial charge < -0.3 is 15.2 Å². The largest absolute Gasteiger partial charge is 0.494 e. The average Bonchev–Trinajstić information content (AvgIpc) is 2.35. The lowest BCUT2D eigenvalue weighted by Crippen LogP contribution is -2.02. The SMILES string of the molecule is COc1cc(NCCCCCC(=O)O)ccc1F. The molecule has 0 aliphatic heterocycles. The van der Waals surface area contributed by atoms with Gasteiger partial charge in [0.05, 0.1) is 7.11 Å². The highest BCUT2D eigenvalue weighted by Gasteiger charge is 2.02. The second-order valence-corrected chi connectivity index (χ2v) is 3.98. The van der Waals surface area contributed by atoms with Crippen LogP contribution in [0.2, 0.25) is 0 Å². The number of carboxylic acids is 1. The quantitative estimate of drug-likeness (QED) is 0.701. The number of hydrogen-bond donors (Lipinski definition) is 2. The zero-order valence-electron chi connectivity index (χ0n) is 10.4. The molecule has 0 fully saturated rings. The molecule has 0 spiro atoms. The minimum atomic E-state index is -0.758. The van der Waals surface area contributed by atoms with E-state index in [1.807, 2.05) is 0 Å². The van der Waals surface area contributed by atoms with Crippen molar-refractivity contribution in [2.45, 2.75) is 25.7 Å². The van der Waals surface area contributed by atoms with Gasteiger partial charge in [0.15, 0.2) is 11.6 Å². The number of carboxylic acid groups (broad SMARTS) is 1. The molecule has 4 nitrogen and oxygen atoms in total. The number of methoxy groups -OCH3 is 1. The van der Waals surface area contributed by atoms with Gasteiger partial charge >= 0.3 is 5.97 Å². The van der Waals surface area contributed by atoms with Crippen molar-refractivity contribution in [3.63, 3.8) is 0 Å². The van der Waals surface area contributed by atoms with Crippen LogP contribution in [0.4, 0.5) is 10.1 Å². The van der Waals surface area contributed by atoms with Gasteiger partial charge in [0, 0.05) is 24.7 Å². The number of rotatable bonds is 8. The van der Waals surface area contributed by atoms with E-state index in [9.17, 15) is 9.18 Å². The fourth-order valence-corrected chi connectivity index (χ4v) is 1.58. The molecule has 0 unspecified atom stereocenters. The number of carbonyl (C=O) groups is 1. The molecule has 0 saturated heterocycles. The van der Waals surface area contributed by atoms with Gasteiger partial charge in [0.1, 0.15) is 0 Å². The Morgan fingerprint density at radius 1 is 1.39 bits per heavy atom. The number of benzene rings is 1. The molecule has 0 atom stereocenters. The first-order valence-corrected chi connectivity index (χ1v) is 5.92. The Morgan fingerprint density at radius 2 is 2.17 bits per heavy atom. The average molecular weight is 255 g/mol. The summed E-state index contributed by atoms with van der Waals surface area (Å²) in [5.41, 5.74) is 0.798. The van der Waals surface area contributed by atoms with E-state index >= 15 is 0 Å². The molecular formula is C13H18FNO3. The molecule has 2 N–H and O–H groups in total. The van der Waals surface area contributed by atoms with Crippen LogP contribution in [0.15, 0.2) is 18.2 Å². The molecule has 1 aromatic rings. The smallest absolute Gasteiger partial charge is 0.303 e. The van der Waals surface area contributed by atoms with Crippen LogP contribution in [0.1, 0.15) is 25.7 Å². The monoisotopic (exact) mass is 255 g/mol. The summed E-state index contributed by atoms with van der Waals surface area (Å²) in [5.74, 6) is -0.929. The summed E-state index contributed by atoms with van der Waals surface area (Å²) in [6, 6.07) is 4.60. The highest BCUT2D eigenvalue weighted by molar-refractivity contribution is 5.66. The van der Waals surface area contributed by atoms with Crippen molar-refractivity contribution in [2.75, 3.05) is 19.0 Å². The lowest BCUT2D eigenvalue weighted by molar-refractivity contribution is -0.137. The third kappa shape index (κ3) is 5.03. The van der Waals surface area contributed by atoms with Gasteiger partial charge in [-0.25, -0.2) is 4.39 Å². The minimum Gasteiger partial charge on any atom is -0.494 e. The number of anilines is 1. The predicted molar refractivity (Wildman–Crippen MR) is 67.5 cm³/mol. The maximum atomic E-state index is 13.1. The van der Waals surface area contributed by atoms with E-state index < -0.39 is 5.97 Å². The number of aliphatic carboxylic acids is 1. The summed E-state index contributed by atoms with van der Waals surface area (Å²) in [7, 11) is 1.42. The molecule has 0 radical (unpaired) electrons. The van der Waals surface area contributed by atoms with E-state index in [2.05, 4.69) is 5.32 Å². The molecule has 0 aliphatic carbocycles. The Balaban J connectivity index is 2.25. The van der Waals surface area contributed by atoms with Gasteiger partial charge in [-0.3, -0.25) is 4.79 Å². The predicted octanol–water partition coefficient (Wildman–Crippen LogP) is 2.89. The van der Waals surface area contributed by atoms with Crippen molar-refractivity contribution in [3.8, 4) is 5.75 Å². The molecule has 0 aliphatic rings. The van der Waals surface area contributed by atoms with Crippen molar-refractivity contribution < 1.29 is 19.0 Å². The van der Waals surface area contributed by atoms with Crippen LogP contribution < -0.4 is 10.1 Å². The zero-order chi connectivity index (χ0) is 13.4. The van der Waals surface area contributed by atoms with Crippen molar-refractivity contribution in [2.24, 2.45) is 0 Å². The van der Waals surface area contributed by atoms with Crippen LogP contribution in [-0.2, 0) is 4.79 Å². The summed E-state index contributed by atoms with van der Waals surface area (Å²) < 4.78 is 18.0. The normalized spacial score (nSPS) is 10.1. The molecule has 0 amide bonds. The molecule has 100 valence electrons. The molecule has 1 rings (SSSR count). The van der Waals surface area contributed by atoms with Gasteiger partial charge in [0.25, 0.3) is 0 Å². The van der Waals surface area contributed by atoms with Crippen molar-refractivity contribution in [3.05, 3.63) is 24.0 Å². The number of halogens is 1. The lowest BCUT2D eigenvalue weighted by Gasteiger charge is -2.08. The molecular weight excluding hydrogens is 237 g/mol. The number of unbranched alkanes of at least 4 members (excludes halogenated alkanes) is 2. The van der Waals surface area contributed by atoms with Gasteiger partial charge in [0.2, 0.25) is 0 Å². The summed E-state index contributed by atoms with van der Waals surface area (Å²) in [5, 5.41) is 11.6. The van der Waals surface area contributed by atoms with Crippen molar-refractivity contribution in [1.29, 1.82) is 0 Å². The van der Waals surface area contributed by atoms with Crippen LogP contribution in [-0.4, -0.2) is 24.7 Å². The lowest BCUT2D eigenvalue weighted by atomic mass is 10.2. The Kier molecular flexibility index (Phi) is 5.97. The van der Waals surface area contributed by atoms with Crippen LogP contribution in [0.25, 0.3) is 0 Å². The van der Waals surface area contributed by atoms with Crippen LogP contribution in [0.3, 0.4) is 0 Å². The van der Waals surface area contributed by atoms with Crippen molar-refractivity contribution >= 4 is 11.7 Å². The molecule has 18 heavy (non-hydrogen) atoms. The number of ether oxygens (including phenoxy) is 1. The Hall–Kier alpha value is -1.78. The van der Waals surface area contributed by atoms with E-state index in [1.165, 1.54) is 13.2 Å². The van der Waals surface area contributed by atoms with E-state index in [-0.39, 0.29) is 18.0 Å². The van der Waals surface area contributed by atoms with Crippen molar-refractivity contribution in [1.82, 2.24) is 0 Å². The standard InChI is InChI=1S/C13H18FNO3/c1-18-12-9-10(6-7-11(12)14)15-8-4-2-3-5-13(16)17/h6-7,9,15H,2-5,8H2,1H3,(H,16,17). The molecule has 0 aromatic heterocycles. The highest BCUT2D eigenvalue weighted by Crippen LogP contribution is 2.21. The fraction of sp³-hybridized carbons (Fsp3) is 0.462. The zero-order valence-corrected chi connectivity index (χ0v) is 10.4. The third-order valence-electron chi connectivity index (χ3n) is 2.55. The van der Waals surface area contributed by atoms with Gasteiger partial charge in [-0.1, -0.05) is 6.42 Å². The van der Waals surface area contributed by atoms with Gasteiger partial charge in [-0.2, -0.15) is 0 Å². The van der Waals surface area contributed by atoms with Gasteiger partial charge in [-0.05, 0) is 25.0 Å². The Bertz CT molecular complexity index is 396. The molecule has 5 heteroatoms. The number of hydrogen-bond acceptors (Lipinski definition) is 3. The molecule has 1 aromatic carbocycles. The third-order valence-corrected chi connectivity index (χ3v) is 2.55. The molecule has 0 heterocycles. The van der Waals surface area contributed by atoms with Gasteiger partial charge in [-0.15, -0.1) is 0 Å². The first kappa shape index (κ1) is 14.3. The summed E-state index contributed by atoms with van der Waals surface area (Å²) in [6.07, 6.45) is 2.64. The summed E-state index contributed by atoms with van der Waals surface area (Å²) >= 11 is 0. The van der Waals surface area contributed by atoms with Crippen LogP contribution in [0.5, 0.6) is 5.75 Å². The van der Waals surface area contributed by atoms with E-state index in [0.29, 0.717) is 6.42 Å². The van der Waals surface area contributed by atoms with Crippen LogP contribution in [0, 0.1) is 5.82 Å². The fourth-order valence-electron chi connectivity index (χ4n) is 1.58. The second kappa shape index (κ2) is 7.53. The number of nitrogens with one attached hydrogen (secondary N) is 1. The van der Waals surface area contributed by atoms with Crippen LogP contribution >= 0.6 is 0 Å². The first-order valence-electron chi connectivity index (χ1n) is 5.92. The minimum absolute atomic E-state index is 0.213. The maximum Gasteiger partial charge on any atom is 0.303 e. The first-order chi connectivity index (χ1) is 8.63. The van der Waals surface area contributed by atoms with E-state index in [4.69, 9.17) is 9.84 Å². The summed E-state index contributed by atoms with van der Waals surface area (Å²) in [6.45, 7) is 0.731. The second-order valence-electron chi connectivity index (χ2n) is 3.98. The maximum absolute atomic E-state index is 13.1. The topological polar surface area (TPSA) is 58.6 Å². The molecule has 0 bridgehead atoms. The van der Waals surface area contributed by atoms with E-state index in [0.717, 1.165) is 25.1 Å². The Labute approximate surface area is 106 Å². The highest BCUT2D eigenvalue weighted by atomic mass is 19.1. The molecule has 0 saturated carbocycles. The summed E-state index contributed by atoms with van der Waals surface area (Å²) in [4.78, 5) is 10.3.